The lowest BCUT2D eigenvalue weighted by Crippen LogP contribution is -2.32. The van der Waals surface area contributed by atoms with E-state index in [4.69, 9.17) is 0 Å². The Bertz CT molecular complexity index is 636. The third-order valence-electron chi connectivity index (χ3n) is 3.62. The molecule has 1 aliphatic rings. The van der Waals surface area contributed by atoms with Crippen molar-refractivity contribution in [3.63, 3.8) is 0 Å². The van der Waals surface area contributed by atoms with Crippen LogP contribution < -0.4 is 10.6 Å². The molecule has 0 spiro atoms. The van der Waals surface area contributed by atoms with Gasteiger partial charge in [-0.1, -0.05) is 6.07 Å². The zero-order chi connectivity index (χ0) is 14.7. The highest BCUT2D eigenvalue weighted by Crippen LogP contribution is 2.16. The largest absolute Gasteiger partial charge is 0.315 e. The standard InChI is InChI=1S/C15H19N5O.ClH/c1-11-4-2-6-14(17-11)18-15(21)13-7-9-20(19-13)12-5-3-8-16-10-12;/h2,4,6-7,9,12,16H,3,5,8,10H2,1H3,(H,17,18,21);1H. The summed E-state index contributed by atoms with van der Waals surface area (Å²) in [5, 5.41) is 10.5. The number of nitrogens with zero attached hydrogens (tertiary/aromatic N) is 3. The third kappa shape index (κ3) is 3.84. The van der Waals surface area contributed by atoms with Crippen molar-refractivity contribution in [1.82, 2.24) is 20.1 Å². The molecule has 1 amide bonds. The van der Waals surface area contributed by atoms with Crippen molar-refractivity contribution in [2.75, 3.05) is 18.4 Å². The van der Waals surface area contributed by atoms with Gasteiger partial charge in [-0.05, 0) is 44.5 Å². The molecule has 0 bridgehead atoms. The first-order valence-electron chi connectivity index (χ1n) is 7.23. The normalized spacial score (nSPS) is 17.6. The highest BCUT2D eigenvalue weighted by Gasteiger charge is 2.17. The van der Waals surface area contributed by atoms with Crippen molar-refractivity contribution in [3.05, 3.63) is 41.9 Å². The first kappa shape index (κ1) is 16.5. The zero-order valence-corrected chi connectivity index (χ0v) is 13.3. The molecule has 2 aromatic rings. The first-order valence-corrected chi connectivity index (χ1v) is 7.23. The Morgan fingerprint density at radius 3 is 3.00 bits per heavy atom. The molecule has 1 aliphatic heterocycles. The van der Waals surface area contributed by atoms with E-state index in [1.807, 2.05) is 29.9 Å². The number of piperidine rings is 1. The van der Waals surface area contributed by atoms with E-state index in [0.717, 1.165) is 31.6 Å². The number of aryl methyl sites for hydroxylation is 1. The van der Waals surface area contributed by atoms with Crippen molar-refractivity contribution >= 4 is 24.1 Å². The van der Waals surface area contributed by atoms with E-state index < -0.39 is 0 Å². The summed E-state index contributed by atoms with van der Waals surface area (Å²) in [6, 6.07) is 7.61. The molecule has 1 fully saturated rings. The van der Waals surface area contributed by atoms with Crippen molar-refractivity contribution < 1.29 is 4.79 Å². The van der Waals surface area contributed by atoms with Crippen molar-refractivity contribution in [2.45, 2.75) is 25.8 Å². The van der Waals surface area contributed by atoms with Crippen LogP contribution in [0.2, 0.25) is 0 Å². The topological polar surface area (TPSA) is 71.8 Å². The number of hydrogen-bond donors (Lipinski definition) is 2. The van der Waals surface area contributed by atoms with Crippen LogP contribution in [0.5, 0.6) is 0 Å². The highest BCUT2D eigenvalue weighted by molar-refractivity contribution is 6.02. The van der Waals surface area contributed by atoms with Gasteiger partial charge in [0.15, 0.2) is 5.69 Å². The van der Waals surface area contributed by atoms with Crippen LogP contribution >= 0.6 is 12.4 Å². The number of amides is 1. The minimum Gasteiger partial charge on any atom is -0.315 e. The van der Waals surface area contributed by atoms with E-state index >= 15 is 0 Å². The number of nitrogens with one attached hydrogen (secondary N) is 2. The summed E-state index contributed by atoms with van der Waals surface area (Å²) >= 11 is 0. The van der Waals surface area contributed by atoms with Gasteiger partial charge in [-0.25, -0.2) is 4.98 Å². The van der Waals surface area contributed by atoms with Gasteiger partial charge in [-0.3, -0.25) is 9.48 Å². The fourth-order valence-electron chi connectivity index (χ4n) is 2.51. The monoisotopic (exact) mass is 321 g/mol. The molecular weight excluding hydrogens is 302 g/mol. The Morgan fingerprint density at radius 1 is 1.41 bits per heavy atom. The maximum absolute atomic E-state index is 12.2. The lowest BCUT2D eigenvalue weighted by molar-refractivity contribution is 0.102. The summed E-state index contributed by atoms with van der Waals surface area (Å²) in [6.07, 6.45) is 4.10. The van der Waals surface area contributed by atoms with Crippen LogP contribution in [0.25, 0.3) is 0 Å². The van der Waals surface area contributed by atoms with Gasteiger partial charge >= 0.3 is 0 Å². The van der Waals surface area contributed by atoms with Gasteiger partial charge in [-0.2, -0.15) is 5.10 Å². The third-order valence-corrected chi connectivity index (χ3v) is 3.62. The number of anilines is 1. The Morgan fingerprint density at radius 2 is 2.27 bits per heavy atom. The summed E-state index contributed by atoms with van der Waals surface area (Å²) in [5.74, 6) is 0.324. The minimum atomic E-state index is -0.226. The van der Waals surface area contributed by atoms with E-state index in [2.05, 4.69) is 20.7 Å². The number of hydrogen-bond acceptors (Lipinski definition) is 4. The maximum atomic E-state index is 12.2. The van der Waals surface area contributed by atoms with Crippen LogP contribution in [0, 0.1) is 6.92 Å². The average Bonchev–Trinajstić information content (AvgIpc) is 2.98. The van der Waals surface area contributed by atoms with Gasteiger partial charge < -0.3 is 10.6 Å². The van der Waals surface area contributed by atoms with Gasteiger partial charge in [0.1, 0.15) is 5.82 Å². The molecule has 22 heavy (non-hydrogen) atoms. The molecular formula is C15H20ClN5O. The first-order chi connectivity index (χ1) is 10.2. The van der Waals surface area contributed by atoms with E-state index in [1.54, 1.807) is 12.1 Å². The number of carbonyl (C=O) groups excluding carboxylic acids is 1. The average molecular weight is 322 g/mol. The van der Waals surface area contributed by atoms with Crippen molar-refractivity contribution in [3.8, 4) is 0 Å². The van der Waals surface area contributed by atoms with Gasteiger partial charge in [0.25, 0.3) is 5.91 Å². The molecule has 2 N–H and O–H groups in total. The van der Waals surface area contributed by atoms with Gasteiger partial charge in [0.05, 0.1) is 6.04 Å². The quantitative estimate of drug-likeness (QED) is 0.909. The number of rotatable bonds is 3. The molecule has 0 radical (unpaired) electrons. The molecule has 0 aliphatic carbocycles. The lowest BCUT2D eigenvalue weighted by Gasteiger charge is -2.22. The second kappa shape index (κ2) is 7.38. The molecule has 7 heteroatoms. The molecule has 1 unspecified atom stereocenters. The van der Waals surface area contributed by atoms with Crippen LogP contribution in [0.1, 0.15) is 35.1 Å². The maximum Gasteiger partial charge on any atom is 0.277 e. The molecule has 3 rings (SSSR count). The number of halogens is 1. The predicted molar refractivity (Wildman–Crippen MR) is 87.5 cm³/mol. The molecule has 1 saturated heterocycles. The Labute approximate surface area is 135 Å². The van der Waals surface area contributed by atoms with Gasteiger partial charge in [0.2, 0.25) is 0 Å². The molecule has 0 saturated carbocycles. The lowest BCUT2D eigenvalue weighted by atomic mass is 10.1. The fourth-order valence-corrected chi connectivity index (χ4v) is 2.51. The molecule has 0 aromatic carbocycles. The predicted octanol–water partition coefficient (Wildman–Crippen LogP) is 2.19. The van der Waals surface area contributed by atoms with Crippen molar-refractivity contribution in [1.29, 1.82) is 0 Å². The zero-order valence-electron chi connectivity index (χ0n) is 12.5. The number of aromatic nitrogens is 3. The Hall–Kier alpha value is -1.92. The summed E-state index contributed by atoms with van der Waals surface area (Å²) in [5.41, 5.74) is 1.29. The highest BCUT2D eigenvalue weighted by atomic mass is 35.5. The van der Waals surface area contributed by atoms with Gasteiger partial charge in [-0.15, -0.1) is 12.4 Å². The molecule has 1 atom stereocenters. The van der Waals surface area contributed by atoms with E-state index in [9.17, 15) is 4.79 Å². The van der Waals surface area contributed by atoms with Crippen molar-refractivity contribution in [2.24, 2.45) is 0 Å². The molecule has 118 valence electrons. The van der Waals surface area contributed by atoms with Gasteiger partial charge in [0, 0.05) is 18.4 Å². The Balaban J connectivity index is 0.00000176. The fraction of sp³-hybridized carbons (Fsp3) is 0.400. The van der Waals surface area contributed by atoms with E-state index in [0.29, 0.717) is 17.6 Å². The summed E-state index contributed by atoms with van der Waals surface area (Å²) < 4.78 is 1.88. The Kier molecular flexibility index (Phi) is 5.51. The molecule has 2 aromatic heterocycles. The minimum absolute atomic E-state index is 0. The summed E-state index contributed by atoms with van der Waals surface area (Å²) in [6.45, 7) is 3.85. The van der Waals surface area contributed by atoms with E-state index in [1.165, 1.54) is 0 Å². The molecule has 3 heterocycles. The summed E-state index contributed by atoms with van der Waals surface area (Å²) in [4.78, 5) is 16.4. The van der Waals surface area contributed by atoms with Crippen LogP contribution in [0.15, 0.2) is 30.5 Å². The SMILES string of the molecule is Cc1cccc(NC(=O)c2ccn(C3CCCNC3)n2)n1.Cl. The summed E-state index contributed by atoms with van der Waals surface area (Å²) in [7, 11) is 0. The van der Waals surface area contributed by atoms with Crippen LogP contribution in [-0.2, 0) is 0 Å². The van der Waals surface area contributed by atoms with Crippen LogP contribution in [-0.4, -0.2) is 33.8 Å². The van der Waals surface area contributed by atoms with Crippen LogP contribution in [0.3, 0.4) is 0 Å². The number of pyridine rings is 1. The second-order valence-corrected chi connectivity index (χ2v) is 5.30. The van der Waals surface area contributed by atoms with E-state index in [-0.39, 0.29) is 18.3 Å². The second-order valence-electron chi connectivity index (χ2n) is 5.30. The number of carbonyl (C=O) groups is 1. The van der Waals surface area contributed by atoms with Crippen LogP contribution in [0.4, 0.5) is 5.82 Å². The smallest absolute Gasteiger partial charge is 0.277 e. The molecule has 6 nitrogen and oxygen atoms in total.